The van der Waals surface area contributed by atoms with Gasteiger partial charge in [-0.25, -0.2) is 9.18 Å². The van der Waals surface area contributed by atoms with E-state index in [1.54, 1.807) is 67.1 Å². The first-order valence-corrected chi connectivity index (χ1v) is 15.0. The summed E-state index contributed by atoms with van der Waals surface area (Å²) in [6.45, 7) is 8.70. The molecule has 0 saturated heterocycles. The van der Waals surface area contributed by atoms with Crippen LogP contribution in [0.5, 0.6) is 11.5 Å². The third kappa shape index (κ3) is 6.80. The number of amides is 2. The maximum absolute atomic E-state index is 14.2. The fourth-order valence-electron chi connectivity index (χ4n) is 5.32. The standard InChI is InChI=1S/C36H38FN3O6/c1-35(2,3)46-34(43)36(4,5)39-32(41)28-26-17-23(16-21-8-12-24(37)13-9-21)18-38-30(26)31(29-27(28)19-40(6)33(29)42)45-20-22-10-14-25(44-7)15-11-22/h8-15,17-18H,16,19-20H2,1-7H3,(H,39,41). The van der Waals surface area contributed by atoms with Crippen molar-refractivity contribution in [2.24, 2.45) is 0 Å². The van der Waals surface area contributed by atoms with Crippen LogP contribution in [0.4, 0.5) is 4.39 Å². The highest BCUT2D eigenvalue weighted by Gasteiger charge is 2.39. The number of hydrogen-bond acceptors (Lipinski definition) is 7. The molecule has 0 fully saturated rings. The zero-order chi connectivity index (χ0) is 33.4. The van der Waals surface area contributed by atoms with Crippen molar-refractivity contribution in [3.8, 4) is 11.5 Å². The van der Waals surface area contributed by atoms with Crippen molar-refractivity contribution >= 4 is 28.7 Å². The van der Waals surface area contributed by atoms with Crippen molar-refractivity contribution in [3.05, 3.63) is 100.0 Å². The summed E-state index contributed by atoms with van der Waals surface area (Å²) >= 11 is 0. The van der Waals surface area contributed by atoms with E-state index < -0.39 is 23.0 Å². The number of nitrogens with zero attached hydrogens (tertiary/aromatic N) is 2. The number of rotatable bonds is 9. The molecule has 4 aromatic rings. The molecular weight excluding hydrogens is 589 g/mol. The Morgan fingerprint density at radius 2 is 1.63 bits per heavy atom. The molecule has 0 aliphatic carbocycles. The number of benzene rings is 3. The number of ether oxygens (including phenoxy) is 3. The van der Waals surface area contributed by atoms with E-state index in [4.69, 9.17) is 19.2 Å². The van der Waals surface area contributed by atoms with Gasteiger partial charge in [-0.3, -0.25) is 14.6 Å². The minimum Gasteiger partial charge on any atom is -0.497 e. The summed E-state index contributed by atoms with van der Waals surface area (Å²) in [5, 5.41) is 3.31. The highest BCUT2D eigenvalue weighted by molar-refractivity contribution is 6.16. The van der Waals surface area contributed by atoms with E-state index in [2.05, 4.69) is 5.32 Å². The second-order valence-electron chi connectivity index (χ2n) is 13.0. The molecule has 0 bridgehead atoms. The molecule has 2 amide bonds. The predicted octanol–water partition coefficient (Wildman–Crippen LogP) is 5.99. The quantitative estimate of drug-likeness (QED) is 0.227. The lowest BCUT2D eigenvalue weighted by molar-refractivity contribution is -0.161. The molecule has 46 heavy (non-hydrogen) atoms. The molecule has 9 nitrogen and oxygen atoms in total. The lowest BCUT2D eigenvalue weighted by atomic mass is 9.93. The Kier molecular flexibility index (Phi) is 8.75. The van der Waals surface area contributed by atoms with Crippen molar-refractivity contribution in [1.29, 1.82) is 0 Å². The van der Waals surface area contributed by atoms with Crippen LogP contribution in [0.2, 0.25) is 0 Å². The topological polar surface area (TPSA) is 107 Å². The lowest BCUT2D eigenvalue weighted by Gasteiger charge is -2.29. The fraction of sp³-hybridized carbons (Fsp3) is 0.333. The van der Waals surface area contributed by atoms with Crippen molar-refractivity contribution in [1.82, 2.24) is 15.2 Å². The molecule has 0 saturated carbocycles. The first-order valence-electron chi connectivity index (χ1n) is 15.0. The van der Waals surface area contributed by atoms with Crippen molar-refractivity contribution in [2.45, 2.75) is 65.3 Å². The molecule has 1 aliphatic rings. The molecule has 0 spiro atoms. The Morgan fingerprint density at radius 1 is 0.978 bits per heavy atom. The van der Waals surface area contributed by atoms with Crippen LogP contribution in [0.25, 0.3) is 10.9 Å². The maximum atomic E-state index is 14.2. The number of aromatic nitrogens is 1. The molecule has 10 heteroatoms. The largest absolute Gasteiger partial charge is 0.497 e. The number of fused-ring (bicyclic) bond motifs is 2. The first kappa shape index (κ1) is 32.4. The van der Waals surface area contributed by atoms with Gasteiger partial charge in [-0.15, -0.1) is 0 Å². The van der Waals surface area contributed by atoms with Gasteiger partial charge >= 0.3 is 5.97 Å². The lowest BCUT2D eigenvalue weighted by Crippen LogP contribution is -2.52. The average molecular weight is 628 g/mol. The number of carbonyl (C=O) groups excluding carboxylic acids is 3. The van der Waals surface area contributed by atoms with Gasteiger partial charge in [0.15, 0.2) is 5.75 Å². The molecule has 3 aromatic carbocycles. The maximum Gasteiger partial charge on any atom is 0.331 e. The normalized spacial score (nSPS) is 13.0. The van der Waals surface area contributed by atoms with Crippen LogP contribution in [0.3, 0.4) is 0 Å². The SMILES string of the molecule is COc1ccc(COc2c3c(c(C(=O)NC(C)(C)C(=O)OC(C)(C)C)c4cc(Cc5ccc(F)cc5)cnc24)CN(C)C3=O)cc1. The number of hydrogen-bond donors (Lipinski definition) is 1. The molecule has 5 rings (SSSR count). The second kappa shape index (κ2) is 12.4. The van der Waals surface area contributed by atoms with E-state index in [1.165, 1.54) is 17.0 Å². The highest BCUT2D eigenvalue weighted by atomic mass is 19.1. The van der Waals surface area contributed by atoms with Gasteiger partial charge in [-0.1, -0.05) is 24.3 Å². The molecule has 1 aliphatic heterocycles. The third-order valence-electron chi connectivity index (χ3n) is 7.64. The van der Waals surface area contributed by atoms with E-state index in [-0.39, 0.29) is 41.8 Å². The summed E-state index contributed by atoms with van der Waals surface area (Å²) in [7, 11) is 3.24. The Labute approximate surface area is 267 Å². The second-order valence-corrected chi connectivity index (χ2v) is 13.0. The molecule has 1 aromatic heterocycles. The van der Waals surface area contributed by atoms with Crippen LogP contribution < -0.4 is 14.8 Å². The summed E-state index contributed by atoms with van der Waals surface area (Å²) in [6, 6.07) is 15.4. The fourth-order valence-corrected chi connectivity index (χ4v) is 5.32. The van der Waals surface area contributed by atoms with Gasteiger partial charge in [0, 0.05) is 30.7 Å². The van der Waals surface area contributed by atoms with Gasteiger partial charge < -0.3 is 24.4 Å². The van der Waals surface area contributed by atoms with Gasteiger partial charge in [0.05, 0.1) is 18.2 Å². The Morgan fingerprint density at radius 3 is 2.26 bits per heavy atom. The van der Waals surface area contributed by atoms with E-state index in [0.717, 1.165) is 16.7 Å². The zero-order valence-electron chi connectivity index (χ0n) is 27.1. The van der Waals surface area contributed by atoms with E-state index in [9.17, 15) is 18.8 Å². The van der Waals surface area contributed by atoms with Gasteiger partial charge in [0.25, 0.3) is 11.8 Å². The zero-order valence-corrected chi connectivity index (χ0v) is 27.1. The predicted molar refractivity (Wildman–Crippen MR) is 171 cm³/mol. The van der Waals surface area contributed by atoms with E-state index in [0.29, 0.717) is 28.6 Å². The summed E-state index contributed by atoms with van der Waals surface area (Å²) in [5.41, 5.74) is 1.60. The molecule has 0 atom stereocenters. The Hall–Kier alpha value is -4.99. The third-order valence-corrected chi connectivity index (χ3v) is 7.64. The minimum absolute atomic E-state index is 0.138. The Bertz CT molecular complexity index is 1810. The monoisotopic (exact) mass is 627 g/mol. The molecule has 2 heterocycles. The van der Waals surface area contributed by atoms with Crippen LogP contribution in [0, 0.1) is 5.82 Å². The number of methoxy groups -OCH3 is 1. The number of pyridine rings is 1. The number of nitrogens with one attached hydrogen (secondary N) is 1. The number of carbonyl (C=O) groups is 3. The Balaban J connectivity index is 1.64. The first-order chi connectivity index (χ1) is 21.7. The van der Waals surface area contributed by atoms with Gasteiger partial charge in [0.1, 0.15) is 34.8 Å². The number of halogens is 1. The average Bonchev–Trinajstić information content (AvgIpc) is 3.28. The van der Waals surface area contributed by atoms with Crippen LogP contribution in [-0.4, -0.2) is 53.0 Å². The molecule has 0 radical (unpaired) electrons. The van der Waals surface area contributed by atoms with Gasteiger partial charge in [-0.2, -0.15) is 0 Å². The summed E-state index contributed by atoms with van der Waals surface area (Å²) in [5.74, 6) is -0.827. The summed E-state index contributed by atoms with van der Waals surface area (Å²) in [4.78, 5) is 47.1. The smallest absolute Gasteiger partial charge is 0.331 e. The number of esters is 1. The van der Waals surface area contributed by atoms with Crippen molar-refractivity contribution in [3.63, 3.8) is 0 Å². The van der Waals surface area contributed by atoms with E-state index >= 15 is 0 Å². The molecule has 0 unspecified atom stereocenters. The summed E-state index contributed by atoms with van der Waals surface area (Å²) < 4.78 is 30.8. The van der Waals surface area contributed by atoms with Crippen LogP contribution in [0.1, 0.15) is 77.6 Å². The van der Waals surface area contributed by atoms with Gasteiger partial charge in [-0.05, 0) is 88.1 Å². The van der Waals surface area contributed by atoms with Crippen molar-refractivity contribution in [2.75, 3.05) is 14.2 Å². The van der Waals surface area contributed by atoms with Crippen molar-refractivity contribution < 1.29 is 33.0 Å². The van der Waals surface area contributed by atoms with Crippen LogP contribution >= 0.6 is 0 Å². The van der Waals surface area contributed by atoms with Crippen LogP contribution in [-0.2, 0) is 29.1 Å². The molecule has 1 N–H and O–H groups in total. The molecule has 240 valence electrons. The minimum atomic E-state index is -1.39. The highest BCUT2D eigenvalue weighted by Crippen LogP contribution is 2.41. The van der Waals surface area contributed by atoms with E-state index in [1.807, 2.05) is 30.3 Å². The van der Waals surface area contributed by atoms with Gasteiger partial charge in [0.2, 0.25) is 0 Å². The summed E-state index contributed by atoms with van der Waals surface area (Å²) in [6.07, 6.45) is 2.08. The van der Waals surface area contributed by atoms with Crippen LogP contribution in [0.15, 0.2) is 60.8 Å². The molecular formula is C36H38FN3O6.